The van der Waals surface area contributed by atoms with Crippen LogP contribution in [0.5, 0.6) is 0 Å². The van der Waals surface area contributed by atoms with Crippen LogP contribution in [-0.2, 0) is 0 Å². The van der Waals surface area contributed by atoms with E-state index in [1.54, 1.807) is 11.1 Å². The van der Waals surface area contributed by atoms with E-state index in [0.717, 1.165) is 0 Å². The Hall–Kier alpha value is -4.04. The molecule has 3 aromatic rings. The molecule has 2 nitrogen and oxygen atoms in total. The molecule has 0 radical (unpaired) electrons. The normalized spacial score (nSPS) is 26.0. The monoisotopic (exact) mass is 630 g/mol. The van der Waals surface area contributed by atoms with E-state index < -0.39 is 0 Å². The molecular formula is C46H50N2. The highest BCUT2D eigenvalue weighted by atomic mass is 15.5. The van der Waals surface area contributed by atoms with Crippen molar-refractivity contribution in [3.63, 3.8) is 0 Å². The molecule has 244 valence electrons. The zero-order valence-corrected chi connectivity index (χ0v) is 29.3. The van der Waals surface area contributed by atoms with Crippen molar-refractivity contribution in [3.05, 3.63) is 136 Å². The van der Waals surface area contributed by atoms with Crippen LogP contribution in [-0.4, -0.2) is 11.1 Å². The van der Waals surface area contributed by atoms with E-state index in [-0.39, 0.29) is 5.54 Å². The number of rotatable bonds is 6. The number of fused-ring (bicyclic) bond motifs is 1. The molecule has 1 saturated heterocycles. The zero-order valence-electron chi connectivity index (χ0n) is 29.3. The zero-order chi connectivity index (χ0) is 32.6. The van der Waals surface area contributed by atoms with Crippen molar-refractivity contribution >= 4 is 29.2 Å². The maximum atomic E-state index is 2.97. The molecule has 1 aliphatic heterocycles. The summed E-state index contributed by atoms with van der Waals surface area (Å²) in [7, 11) is 0. The third-order valence-corrected chi connectivity index (χ3v) is 13.0. The lowest BCUT2D eigenvalue weighted by atomic mass is 9.68. The van der Waals surface area contributed by atoms with Gasteiger partial charge in [0.25, 0.3) is 0 Å². The van der Waals surface area contributed by atoms with Gasteiger partial charge in [-0.2, -0.15) is 0 Å². The lowest BCUT2D eigenvalue weighted by Gasteiger charge is -2.40. The van der Waals surface area contributed by atoms with Crippen LogP contribution in [0.1, 0.15) is 113 Å². The maximum Gasteiger partial charge on any atom is 0.0678 e. The van der Waals surface area contributed by atoms with Crippen molar-refractivity contribution in [2.45, 2.75) is 102 Å². The number of nitrogens with zero attached hydrogens (tertiary/aromatic N) is 2. The molecule has 6 aliphatic rings. The van der Waals surface area contributed by atoms with Gasteiger partial charge in [-0.05, 0) is 103 Å². The van der Waals surface area contributed by atoms with Crippen LogP contribution in [0.4, 0.5) is 17.1 Å². The molecule has 1 saturated carbocycles. The first-order valence-corrected chi connectivity index (χ1v) is 18.8. The smallest absolute Gasteiger partial charge is 0.0678 e. The SMILES string of the molecule is CC(C)C1=CC[C@]2(CC1)N(c1ccc3c4c1C=CC1C=CC(N(c5ccccc5)c5ccc(C(C)C)cc5)=C(C=C3)C41)C21CCCCC1. The lowest BCUT2D eigenvalue weighted by Crippen LogP contribution is -2.30. The Morgan fingerprint density at radius 3 is 2.17 bits per heavy atom. The fourth-order valence-electron chi connectivity index (χ4n) is 10.5. The molecule has 1 heterocycles. The molecule has 3 aromatic carbocycles. The van der Waals surface area contributed by atoms with E-state index >= 15 is 0 Å². The minimum atomic E-state index is 0.286. The van der Waals surface area contributed by atoms with E-state index in [0.29, 0.717) is 29.2 Å². The molecule has 3 atom stereocenters. The topological polar surface area (TPSA) is 6.25 Å². The molecule has 2 fully saturated rings. The first-order chi connectivity index (χ1) is 23.4. The Bertz CT molecular complexity index is 1890. The second-order valence-electron chi connectivity index (χ2n) is 16.0. The lowest BCUT2D eigenvalue weighted by molar-refractivity contribution is 0.350. The van der Waals surface area contributed by atoms with Gasteiger partial charge in [0, 0.05) is 40.2 Å². The first kappa shape index (κ1) is 30.1. The van der Waals surface area contributed by atoms with E-state index in [1.807, 2.05) is 0 Å². The number of hydrogen-bond acceptors (Lipinski definition) is 2. The maximum absolute atomic E-state index is 2.97. The summed E-state index contributed by atoms with van der Waals surface area (Å²) in [6, 6.07) is 25.1. The largest absolute Gasteiger partial charge is 0.355 e. The molecule has 0 aromatic heterocycles. The van der Waals surface area contributed by atoms with Gasteiger partial charge < -0.3 is 9.80 Å². The van der Waals surface area contributed by atoms with Gasteiger partial charge in [-0.3, -0.25) is 0 Å². The van der Waals surface area contributed by atoms with Gasteiger partial charge in [0.15, 0.2) is 0 Å². The molecule has 0 amide bonds. The number of para-hydroxylation sites is 1. The van der Waals surface area contributed by atoms with Crippen LogP contribution in [0.15, 0.2) is 114 Å². The van der Waals surface area contributed by atoms with Crippen molar-refractivity contribution in [2.75, 3.05) is 9.80 Å². The summed E-state index contributed by atoms with van der Waals surface area (Å²) in [5, 5.41) is 0. The minimum Gasteiger partial charge on any atom is -0.355 e. The fraction of sp³-hybridized carbons (Fsp3) is 0.391. The summed E-state index contributed by atoms with van der Waals surface area (Å²) < 4.78 is 0. The Balaban J connectivity index is 1.17. The molecular weight excluding hydrogens is 581 g/mol. The molecule has 5 aliphatic carbocycles. The predicted molar refractivity (Wildman–Crippen MR) is 204 cm³/mol. The molecule has 2 spiro atoms. The minimum absolute atomic E-state index is 0.286. The Morgan fingerprint density at radius 2 is 1.46 bits per heavy atom. The highest BCUT2D eigenvalue weighted by Crippen LogP contribution is 2.68. The van der Waals surface area contributed by atoms with E-state index in [4.69, 9.17) is 0 Å². The third kappa shape index (κ3) is 4.37. The highest BCUT2D eigenvalue weighted by molar-refractivity contribution is 5.86. The van der Waals surface area contributed by atoms with Crippen LogP contribution in [0.25, 0.3) is 12.2 Å². The summed E-state index contributed by atoms with van der Waals surface area (Å²) in [5.41, 5.74) is 14.7. The Labute approximate surface area is 288 Å². The molecule has 0 bridgehead atoms. The number of anilines is 3. The molecule has 0 N–H and O–H groups in total. The van der Waals surface area contributed by atoms with Crippen molar-refractivity contribution in [1.29, 1.82) is 0 Å². The summed E-state index contributed by atoms with van der Waals surface area (Å²) in [6.45, 7) is 9.31. The molecule has 9 rings (SSSR count). The fourth-order valence-corrected chi connectivity index (χ4v) is 10.5. The second-order valence-corrected chi connectivity index (χ2v) is 16.0. The van der Waals surface area contributed by atoms with Gasteiger partial charge in [-0.15, -0.1) is 0 Å². The highest BCUT2D eigenvalue weighted by Gasteiger charge is 2.73. The molecule has 2 unspecified atom stereocenters. The van der Waals surface area contributed by atoms with E-state index in [1.165, 1.54) is 96.4 Å². The van der Waals surface area contributed by atoms with E-state index in [9.17, 15) is 0 Å². The van der Waals surface area contributed by atoms with Crippen LogP contribution >= 0.6 is 0 Å². The number of allylic oxidation sites excluding steroid dienone is 6. The van der Waals surface area contributed by atoms with Crippen molar-refractivity contribution in [3.8, 4) is 0 Å². The second kappa shape index (κ2) is 11.3. The standard InChI is InChI=1S/C46H50N2/c1-31(2)33-13-19-38(20-14-33)47(37-11-7-5-8-12-37)41-23-17-35-16-22-40-42(24-18-36-15-21-39(41)43(35)44(36)40)48-45(27-9-6-10-28-45)46(48)29-25-34(26-30-46)32(3)4/h5,7-8,11-25,31-32,35,43H,6,9-10,26-30H2,1-4H3/t35?,43?,46-,48?/m1/s1. The van der Waals surface area contributed by atoms with E-state index in [2.05, 4.69) is 147 Å². The summed E-state index contributed by atoms with van der Waals surface area (Å²) >= 11 is 0. The Morgan fingerprint density at radius 1 is 0.708 bits per heavy atom. The number of benzene rings is 3. The van der Waals surface area contributed by atoms with Crippen molar-refractivity contribution in [2.24, 2.45) is 11.8 Å². The average Bonchev–Trinajstić information content (AvgIpc) is 3.63. The molecule has 48 heavy (non-hydrogen) atoms. The first-order valence-electron chi connectivity index (χ1n) is 18.8. The molecule has 2 heteroatoms. The Kier molecular flexibility index (Phi) is 7.05. The predicted octanol–water partition coefficient (Wildman–Crippen LogP) is 12.3. The van der Waals surface area contributed by atoms with Crippen molar-refractivity contribution in [1.82, 2.24) is 0 Å². The summed E-state index contributed by atoms with van der Waals surface area (Å²) in [5.74, 6) is 1.87. The third-order valence-electron chi connectivity index (χ3n) is 13.0. The van der Waals surface area contributed by atoms with Gasteiger partial charge in [0.05, 0.1) is 11.1 Å². The van der Waals surface area contributed by atoms with Gasteiger partial charge in [-0.25, -0.2) is 0 Å². The summed E-state index contributed by atoms with van der Waals surface area (Å²) in [6.07, 6.45) is 28.0. The van der Waals surface area contributed by atoms with Gasteiger partial charge in [0.1, 0.15) is 0 Å². The van der Waals surface area contributed by atoms with Gasteiger partial charge in [-0.1, -0.05) is 125 Å². The number of hydrogen-bond donors (Lipinski definition) is 0. The quantitative estimate of drug-likeness (QED) is 0.197. The van der Waals surface area contributed by atoms with Crippen LogP contribution in [0.3, 0.4) is 0 Å². The average molecular weight is 631 g/mol. The van der Waals surface area contributed by atoms with Gasteiger partial charge in [0.2, 0.25) is 0 Å². The van der Waals surface area contributed by atoms with Crippen molar-refractivity contribution < 1.29 is 0 Å². The van der Waals surface area contributed by atoms with Gasteiger partial charge >= 0.3 is 0 Å². The van der Waals surface area contributed by atoms with Crippen LogP contribution in [0, 0.1) is 11.8 Å². The van der Waals surface area contributed by atoms with Crippen LogP contribution in [0.2, 0.25) is 0 Å². The summed E-state index contributed by atoms with van der Waals surface area (Å²) in [4.78, 5) is 5.46. The van der Waals surface area contributed by atoms with Crippen LogP contribution < -0.4 is 9.80 Å².